The average Bonchev–Trinajstić information content (AvgIpc) is 2.83. The summed E-state index contributed by atoms with van der Waals surface area (Å²) in [7, 11) is 0. The first kappa shape index (κ1) is 11.3. The number of aliphatic hydroxyl groups excluding tert-OH is 1. The number of rotatable bonds is 2. The Morgan fingerprint density at radius 2 is 2.17 bits per heavy atom. The van der Waals surface area contributed by atoms with Crippen LogP contribution in [0.5, 0.6) is 0 Å². The smallest absolute Gasteiger partial charge is 0.117 e. The van der Waals surface area contributed by atoms with Gasteiger partial charge in [-0.05, 0) is 35.5 Å². The van der Waals surface area contributed by atoms with Gasteiger partial charge in [0.05, 0.1) is 10.6 Å². The standard InChI is InChI=1S/C13H11N3OS/c1-8-13(18-16-15-8)12(17)11-4-2-3-9-7-14-6-5-10(9)11/h2-7,12,17H,1H3. The van der Waals surface area contributed by atoms with Gasteiger partial charge in [-0.1, -0.05) is 22.7 Å². The lowest BCUT2D eigenvalue weighted by Gasteiger charge is -2.12. The molecule has 1 aromatic carbocycles. The lowest BCUT2D eigenvalue weighted by atomic mass is 10.0. The molecule has 0 aliphatic carbocycles. The lowest BCUT2D eigenvalue weighted by molar-refractivity contribution is 0.224. The van der Waals surface area contributed by atoms with Crippen molar-refractivity contribution in [3.05, 3.63) is 52.8 Å². The Kier molecular flexibility index (Phi) is 2.77. The molecule has 5 heteroatoms. The van der Waals surface area contributed by atoms with Gasteiger partial charge in [0.15, 0.2) is 0 Å². The molecule has 0 radical (unpaired) electrons. The van der Waals surface area contributed by atoms with E-state index in [1.165, 1.54) is 11.5 Å². The van der Waals surface area contributed by atoms with Crippen LogP contribution in [0.1, 0.15) is 22.2 Å². The molecule has 0 aliphatic heterocycles. The summed E-state index contributed by atoms with van der Waals surface area (Å²) in [5.41, 5.74) is 1.64. The van der Waals surface area contributed by atoms with E-state index < -0.39 is 6.10 Å². The molecule has 0 saturated heterocycles. The van der Waals surface area contributed by atoms with Crippen molar-refractivity contribution in [2.75, 3.05) is 0 Å². The summed E-state index contributed by atoms with van der Waals surface area (Å²) in [6, 6.07) is 7.74. The fourth-order valence-corrected chi connectivity index (χ4v) is 2.67. The third-order valence-electron chi connectivity index (χ3n) is 2.94. The predicted molar refractivity (Wildman–Crippen MR) is 70.5 cm³/mol. The Bertz CT molecular complexity index is 690. The van der Waals surface area contributed by atoms with Crippen LogP contribution in [0.2, 0.25) is 0 Å². The topological polar surface area (TPSA) is 58.9 Å². The summed E-state index contributed by atoms with van der Waals surface area (Å²) >= 11 is 1.23. The summed E-state index contributed by atoms with van der Waals surface area (Å²) in [6.45, 7) is 1.86. The van der Waals surface area contributed by atoms with Gasteiger partial charge >= 0.3 is 0 Å². The Labute approximate surface area is 108 Å². The monoisotopic (exact) mass is 257 g/mol. The molecule has 18 heavy (non-hydrogen) atoms. The second-order valence-corrected chi connectivity index (χ2v) is 4.85. The summed E-state index contributed by atoms with van der Waals surface area (Å²) in [5.74, 6) is 0. The van der Waals surface area contributed by atoms with E-state index in [2.05, 4.69) is 14.6 Å². The number of aryl methyl sites for hydroxylation is 1. The van der Waals surface area contributed by atoms with Crippen LogP contribution in [0.15, 0.2) is 36.7 Å². The molecule has 0 aliphatic rings. The van der Waals surface area contributed by atoms with Gasteiger partial charge in [-0.15, -0.1) is 5.10 Å². The molecule has 1 unspecified atom stereocenters. The van der Waals surface area contributed by atoms with E-state index in [0.717, 1.165) is 26.9 Å². The van der Waals surface area contributed by atoms with E-state index in [1.54, 1.807) is 12.4 Å². The summed E-state index contributed by atoms with van der Waals surface area (Å²) < 4.78 is 3.87. The highest BCUT2D eigenvalue weighted by Gasteiger charge is 2.18. The first-order valence-electron chi connectivity index (χ1n) is 5.57. The molecule has 3 aromatic rings. The number of aromatic nitrogens is 3. The van der Waals surface area contributed by atoms with Crippen molar-refractivity contribution < 1.29 is 5.11 Å². The Hall–Kier alpha value is -1.85. The van der Waals surface area contributed by atoms with Crippen molar-refractivity contribution in [1.82, 2.24) is 14.6 Å². The van der Waals surface area contributed by atoms with Crippen molar-refractivity contribution >= 4 is 22.3 Å². The molecular weight excluding hydrogens is 246 g/mol. The molecule has 2 aromatic heterocycles. The minimum atomic E-state index is -0.684. The van der Waals surface area contributed by atoms with Crippen LogP contribution in [0.4, 0.5) is 0 Å². The van der Waals surface area contributed by atoms with Crippen molar-refractivity contribution in [3.8, 4) is 0 Å². The van der Waals surface area contributed by atoms with Crippen LogP contribution in [0.3, 0.4) is 0 Å². The maximum absolute atomic E-state index is 10.5. The second-order valence-electron chi connectivity index (χ2n) is 4.07. The number of fused-ring (bicyclic) bond motifs is 1. The molecule has 90 valence electrons. The number of aliphatic hydroxyl groups is 1. The van der Waals surface area contributed by atoms with Crippen molar-refractivity contribution in [2.24, 2.45) is 0 Å². The minimum Gasteiger partial charge on any atom is -0.383 e. The van der Waals surface area contributed by atoms with Gasteiger partial charge in [0.25, 0.3) is 0 Å². The fourth-order valence-electron chi connectivity index (χ4n) is 2.02. The molecule has 0 fully saturated rings. The van der Waals surface area contributed by atoms with E-state index in [9.17, 15) is 5.11 Å². The van der Waals surface area contributed by atoms with E-state index >= 15 is 0 Å². The predicted octanol–water partition coefficient (Wildman–Crippen LogP) is 2.48. The molecule has 1 N–H and O–H groups in total. The quantitative estimate of drug-likeness (QED) is 0.766. The normalized spacial score (nSPS) is 12.8. The Morgan fingerprint density at radius 1 is 1.28 bits per heavy atom. The zero-order valence-corrected chi connectivity index (χ0v) is 10.6. The number of pyridine rings is 1. The average molecular weight is 257 g/mol. The summed E-state index contributed by atoms with van der Waals surface area (Å²) in [4.78, 5) is 4.88. The van der Waals surface area contributed by atoms with Gasteiger partial charge in [-0.2, -0.15) is 0 Å². The molecule has 0 amide bonds. The van der Waals surface area contributed by atoms with E-state index in [-0.39, 0.29) is 0 Å². The fraction of sp³-hybridized carbons (Fsp3) is 0.154. The molecule has 0 bridgehead atoms. The van der Waals surface area contributed by atoms with E-state index in [4.69, 9.17) is 0 Å². The highest BCUT2D eigenvalue weighted by Crippen LogP contribution is 2.31. The van der Waals surface area contributed by atoms with Gasteiger partial charge < -0.3 is 5.11 Å². The molecule has 1 atom stereocenters. The first-order chi connectivity index (χ1) is 8.77. The van der Waals surface area contributed by atoms with E-state index in [0.29, 0.717) is 0 Å². The highest BCUT2D eigenvalue weighted by atomic mass is 32.1. The Morgan fingerprint density at radius 3 is 2.94 bits per heavy atom. The van der Waals surface area contributed by atoms with Crippen LogP contribution in [0, 0.1) is 6.92 Å². The van der Waals surface area contributed by atoms with Crippen LogP contribution < -0.4 is 0 Å². The SMILES string of the molecule is Cc1nnsc1C(O)c1cccc2cnccc12. The number of hydrogen-bond donors (Lipinski definition) is 1. The molecule has 4 nitrogen and oxygen atoms in total. The van der Waals surface area contributed by atoms with Gasteiger partial charge in [0.2, 0.25) is 0 Å². The zero-order valence-electron chi connectivity index (χ0n) is 9.74. The molecule has 2 heterocycles. The van der Waals surface area contributed by atoms with Crippen LogP contribution in [-0.4, -0.2) is 19.7 Å². The first-order valence-corrected chi connectivity index (χ1v) is 6.34. The van der Waals surface area contributed by atoms with Gasteiger partial charge in [0, 0.05) is 17.8 Å². The number of nitrogens with zero attached hydrogens (tertiary/aromatic N) is 3. The van der Waals surface area contributed by atoms with Crippen LogP contribution in [-0.2, 0) is 0 Å². The second kappa shape index (κ2) is 4.44. The molecular formula is C13H11N3OS. The minimum absolute atomic E-state index is 0.684. The molecule has 3 rings (SSSR count). The van der Waals surface area contributed by atoms with Crippen LogP contribution >= 0.6 is 11.5 Å². The molecule has 0 spiro atoms. The van der Waals surface area contributed by atoms with Crippen molar-refractivity contribution in [2.45, 2.75) is 13.0 Å². The lowest BCUT2D eigenvalue weighted by Crippen LogP contribution is -2.00. The maximum atomic E-state index is 10.5. The van der Waals surface area contributed by atoms with Crippen molar-refractivity contribution in [1.29, 1.82) is 0 Å². The maximum Gasteiger partial charge on any atom is 0.117 e. The number of benzene rings is 1. The van der Waals surface area contributed by atoms with Gasteiger partial charge in [0.1, 0.15) is 6.10 Å². The zero-order chi connectivity index (χ0) is 12.5. The van der Waals surface area contributed by atoms with Gasteiger partial charge in [-0.3, -0.25) is 4.98 Å². The molecule has 0 saturated carbocycles. The van der Waals surface area contributed by atoms with Crippen molar-refractivity contribution in [3.63, 3.8) is 0 Å². The third-order valence-corrected chi connectivity index (χ3v) is 3.82. The summed E-state index contributed by atoms with van der Waals surface area (Å²) in [6.07, 6.45) is 2.84. The summed E-state index contributed by atoms with van der Waals surface area (Å²) in [5, 5.41) is 16.4. The van der Waals surface area contributed by atoms with E-state index in [1.807, 2.05) is 31.2 Å². The van der Waals surface area contributed by atoms with Gasteiger partial charge in [-0.25, -0.2) is 0 Å². The highest BCUT2D eigenvalue weighted by molar-refractivity contribution is 7.05. The van der Waals surface area contributed by atoms with Crippen LogP contribution in [0.25, 0.3) is 10.8 Å². The largest absolute Gasteiger partial charge is 0.383 e. The number of hydrogen-bond acceptors (Lipinski definition) is 5. The Balaban J connectivity index is 2.18. The third kappa shape index (κ3) is 1.77.